The van der Waals surface area contributed by atoms with Crippen LogP contribution in [0, 0.1) is 5.92 Å². The Hall–Kier alpha value is -1.12. The Morgan fingerprint density at radius 1 is 1.42 bits per heavy atom. The lowest BCUT2D eigenvalue weighted by Crippen LogP contribution is -2.26. The third-order valence-electron chi connectivity index (χ3n) is 1.42. The van der Waals surface area contributed by atoms with Crippen LogP contribution in [0.1, 0.15) is 20.8 Å². The van der Waals surface area contributed by atoms with E-state index in [1.807, 2.05) is 0 Å². The first-order valence-corrected chi connectivity index (χ1v) is 3.91. The molecule has 0 aliphatic rings. The van der Waals surface area contributed by atoms with Crippen molar-refractivity contribution in [3.05, 3.63) is 12.2 Å². The Labute approximate surface area is 72.8 Å². The van der Waals surface area contributed by atoms with Gasteiger partial charge in [0, 0.05) is 25.0 Å². The van der Waals surface area contributed by atoms with E-state index in [0.29, 0.717) is 5.57 Å². The Bertz CT molecular complexity index is 207. The van der Waals surface area contributed by atoms with Crippen molar-refractivity contribution in [2.75, 3.05) is 6.54 Å². The second-order valence-corrected chi connectivity index (χ2v) is 3.03. The van der Waals surface area contributed by atoms with E-state index in [1.54, 1.807) is 13.8 Å². The van der Waals surface area contributed by atoms with Crippen molar-refractivity contribution < 1.29 is 9.59 Å². The van der Waals surface area contributed by atoms with Gasteiger partial charge in [0.05, 0.1) is 0 Å². The zero-order valence-corrected chi connectivity index (χ0v) is 7.81. The quantitative estimate of drug-likeness (QED) is 0.636. The summed E-state index contributed by atoms with van der Waals surface area (Å²) >= 11 is 0. The molecule has 0 aromatic carbocycles. The summed E-state index contributed by atoms with van der Waals surface area (Å²) in [7, 11) is 0. The molecule has 1 amide bonds. The molecule has 1 N–H and O–H groups in total. The molecule has 0 saturated heterocycles. The minimum absolute atomic E-state index is 0.00347. The number of carbonyl (C=O) groups excluding carboxylic acids is 2. The molecule has 0 aliphatic carbocycles. The van der Waals surface area contributed by atoms with E-state index in [0.717, 1.165) is 0 Å². The largest absolute Gasteiger partial charge is 0.352 e. The highest BCUT2D eigenvalue weighted by Crippen LogP contribution is 2.02. The van der Waals surface area contributed by atoms with E-state index in [9.17, 15) is 9.59 Å². The second kappa shape index (κ2) is 4.70. The molecule has 3 nitrogen and oxygen atoms in total. The first-order valence-electron chi connectivity index (χ1n) is 3.91. The van der Waals surface area contributed by atoms with Crippen molar-refractivity contribution in [3.63, 3.8) is 0 Å². The average Bonchev–Trinajstić information content (AvgIpc) is 1.98. The first kappa shape index (κ1) is 10.9. The van der Waals surface area contributed by atoms with Gasteiger partial charge in [0.2, 0.25) is 5.91 Å². The summed E-state index contributed by atoms with van der Waals surface area (Å²) < 4.78 is 0. The normalized spacial score (nSPS) is 9.67. The van der Waals surface area contributed by atoms with Gasteiger partial charge in [-0.1, -0.05) is 20.4 Å². The molecule has 0 rings (SSSR count). The van der Waals surface area contributed by atoms with E-state index in [4.69, 9.17) is 0 Å². The van der Waals surface area contributed by atoms with Crippen molar-refractivity contribution in [3.8, 4) is 0 Å². The van der Waals surface area contributed by atoms with E-state index in [1.165, 1.54) is 6.92 Å². The molecule has 0 radical (unpaired) electrons. The Morgan fingerprint density at radius 3 is 2.25 bits per heavy atom. The zero-order valence-electron chi connectivity index (χ0n) is 7.81. The highest BCUT2D eigenvalue weighted by Gasteiger charge is 2.10. The lowest BCUT2D eigenvalue weighted by atomic mass is 10.0. The molecule has 0 atom stereocenters. The minimum atomic E-state index is -0.146. The lowest BCUT2D eigenvalue weighted by molar-refractivity contribution is -0.119. The highest BCUT2D eigenvalue weighted by atomic mass is 16.1. The topological polar surface area (TPSA) is 46.2 Å². The number of rotatable bonds is 4. The summed E-state index contributed by atoms with van der Waals surface area (Å²) in [5.74, 6) is -0.192. The molecular formula is C9H15NO2. The summed E-state index contributed by atoms with van der Waals surface area (Å²) in [6.07, 6.45) is 0. The molecule has 0 heterocycles. The summed E-state index contributed by atoms with van der Waals surface area (Å²) in [6.45, 7) is 8.86. The third-order valence-corrected chi connectivity index (χ3v) is 1.42. The van der Waals surface area contributed by atoms with Gasteiger partial charge in [0.15, 0.2) is 5.78 Å². The van der Waals surface area contributed by atoms with E-state index < -0.39 is 0 Å². The maximum atomic E-state index is 11.2. The molecule has 12 heavy (non-hydrogen) atoms. The van der Waals surface area contributed by atoms with Gasteiger partial charge in [-0.3, -0.25) is 9.59 Å². The van der Waals surface area contributed by atoms with Gasteiger partial charge < -0.3 is 5.32 Å². The van der Waals surface area contributed by atoms with Crippen molar-refractivity contribution in [2.45, 2.75) is 20.8 Å². The summed E-state index contributed by atoms with van der Waals surface area (Å²) in [4.78, 5) is 21.7. The Kier molecular flexibility index (Phi) is 4.26. The minimum Gasteiger partial charge on any atom is -0.352 e. The van der Waals surface area contributed by atoms with Crippen LogP contribution < -0.4 is 5.32 Å². The number of Topliss-reactive ketones (excluding diaryl/α,β-unsaturated/α-hetero) is 1. The Balaban J connectivity index is 3.89. The Morgan fingerprint density at radius 2 is 1.92 bits per heavy atom. The predicted octanol–water partition coefficient (Wildman–Crippen LogP) is 0.904. The molecule has 0 fully saturated rings. The molecule has 0 spiro atoms. The molecule has 0 aromatic heterocycles. The van der Waals surface area contributed by atoms with Crippen LogP contribution in [0.3, 0.4) is 0 Å². The summed E-state index contributed by atoms with van der Waals surface area (Å²) in [5, 5.41) is 2.52. The van der Waals surface area contributed by atoms with Crippen LogP contribution in [0.15, 0.2) is 12.2 Å². The second-order valence-electron chi connectivity index (χ2n) is 3.03. The van der Waals surface area contributed by atoms with E-state index >= 15 is 0 Å². The molecular weight excluding hydrogens is 154 g/mol. The number of carbonyl (C=O) groups is 2. The van der Waals surface area contributed by atoms with E-state index in [2.05, 4.69) is 11.9 Å². The van der Waals surface area contributed by atoms with Crippen molar-refractivity contribution in [1.82, 2.24) is 5.32 Å². The van der Waals surface area contributed by atoms with Crippen molar-refractivity contribution >= 4 is 11.7 Å². The van der Waals surface area contributed by atoms with Gasteiger partial charge in [0.25, 0.3) is 0 Å². The molecule has 0 bridgehead atoms. The first-order chi connectivity index (χ1) is 5.45. The molecule has 0 unspecified atom stereocenters. The number of hydrogen-bond acceptors (Lipinski definition) is 2. The maximum absolute atomic E-state index is 11.2. The van der Waals surface area contributed by atoms with Crippen LogP contribution in [-0.4, -0.2) is 18.2 Å². The SMILES string of the molecule is C=C(CNC(C)=O)C(=O)C(C)C. The average molecular weight is 169 g/mol. The molecule has 0 aromatic rings. The number of nitrogens with one attached hydrogen (secondary N) is 1. The summed E-state index contributed by atoms with van der Waals surface area (Å²) in [5.41, 5.74) is 0.459. The molecule has 68 valence electrons. The lowest BCUT2D eigenvalue weighted by Gasteiger charge is -2.07. The van der Waals surface area contributed by atoms with Crippen LogP contribution in [0.2, 0.25) is 0 Å². The van der Waals surface area contributed by atoms with Gasteiger partial charge in [-0.15, -0.1) is 0 Å². The fourth-order valence-electron chi connectivity index (χ4n) is 0.727. The fourth-order valence-corrected chi connectivity index (χ4v) is 0.727. The van der Waals surface area contributed by atoms with Gasteiger partial charge in [-0.05, 0) is 0 Å². The smallest absolute Gasteiger partial charge is 0.217 e. The monoisotopic (exact) mass is 169 g/mol. The van der Waals surface area contributed by atoms with Crippen LogP contribution >= 0.6 is 0 Å². The summed E-state index contributed by atoms with van der Waals surface area (Å²) in [6, 6.07) is 0. The number of hydrogen-bond donors (Lipinski definition) is 1. The standard InChI is InChI=1S/C9H15NO2/c1-6(2)9(12)7(3)5-10-8(4)11/h6H,3,5H2,1-2,4H3,(H,10,11). The zero-order chi connectivity index (χ0) is 9.72. The maximum Gasteiger partial charge on any atom is 0.217 e. The van der Waals surface area contributed by atoms with Gasteiger partial charge in [0.1, 0.15) is 0 Å². The van der Waals surface area contributed by atoms with Crippen LogP contribution in [0.4, 0.5) is 0 Å². The van der Waals surface area contributed by atoms with Gasteiger partial charge >= 0.3 is 0 Å². The molecule has 0 saturated carbocycles. The van der Waals surface area contributed by atoms with Crippen LogP contribution in [0.5, 0.6) is 0 Å². The van der Waals surface area contributed by atoms with Gasteiger partial charge in [-0.25, -0.2) is 0 Å². The third kappa shape index (κ3) is 3.91. The number of amides is 1. The molecule has 3 heteroatoms. The van der Waals surface area contributed by atoms with Gasteiger partial charge in [-0.2, -0.15) is 0 Å². The fraction of sp³-hybridized carbons (Fsp3) is 0.556. The van der Waals surface area contributed by atoms with Crippen LogP contribution in [0.25, 0.3) is 0 Å². The highest BCUT2D eigenvalue weighted by molar-refractivity contribution is 5.96. The van der Waals surface area contributed by atoms with Crippen molar-refractivity contribution in [2.24, 2.45) is 5.92 Å². The van der Waals surface area contributed by atoms with Crippen molar-refractivity contribution in [1.29, 1.82) is 0 Å². The van der Waals surface area contributed by atoms with Crippen LogP contribution in [-0.2, 0) is 9.59 Å². The number of ketones is 1. The predicted molar refractivity (Wildman–Crippen MR) is 47.7 cm³/mol. The van der Waals surface area contributed by atoms with E-state index in [-0.39, 0.29) is 24.2 Å². The molecule has 0 aliphatic heterocycles.